The number of benzene rings is 2. The SMILES string of the molecule is CC(C)(C)n1nnnc1C(c1ccccc1F)N1CCN(c2nc3ccccc3s2)CC1. The Morgan fingerprint density at radius 3 is 2.41 bits per heavy atom. The molecular formula is C23H26FN7S. The lowest BCUT2D eigenvalue weighted by molar-refractivity contribution is 0.188. The molecule has 3 heterocycles. The van der Waals surface area contributed by atoms with E-state index >= 15 is 0 Å². The van der Waals surface area contributed by atoms with Crippen LogP contribution >= 0.6 is 11.3 Å². The van der Waals surface area contributed by atoms with Gasteiger partial charge in [0.2, 0.25) is 0 Å². The summed E-state index contributed by atoms with van der Waals surface area (Å²) in [4.78, 5) is 9.39. The molecule has 2 aromatic carbocycles. The van der Waals surface area contributed by atoms with E-state index in [1.54, 1.807) is 17.4 Å². The van der Waals surface area contributed by atoms with Gasteiger partial charge in [0.05, 0.1) is 15.8 Å². The normalized spacial score (nSPS) is 16.6. The molecule has 0 N–H and O–H groups in total. The number of hydrogen-bond acceptors (Lipinski definition) is 7. The van der Waals surface area contributed by atoms with Gasteiger partial charge in [0, 0.05) is 31.7 Å². The topological polar surface area (TPSA) is 63.0 Å². The van der Waals surface area contributed by atoms with Crippen LogP contribution < -0.4 is 4.90 Å². The highest BCUT2D eigenvalue weighted by Gasteiger charge is 2.35. The zero-order valence-corrected chi connectivity index (χ0v) is 19.3. The number of tetrazole rings is 1. The molecule has 5 rings (SSSR count). The molecule has 32 heavy (non-hydrogen) atoms. The fourth-order valence-electron chi connectivity index (χ4n) is 4.20. The van der Waals surface area contributed by atoms with Gasteiger partial charge in [0.15, 0.2) is 11.0 Å². The Kier molecular flexibility index (Phi) is 5.38. The van der Waals surface area contributed by atoms with E-state index in [0.29, 0.717) is 11.4 Å². The second-order valence-corrected chi connectivity index (χ2v) is 10.0. The number of anilines is 1. The number of nitrogens with zero attached hydrogens (tertiary/aromatic N) is 7. The minimum atomic E-state index is -0.358. The van der Waals surface area contributed by atoms with Crippen LogP contribution in [0.15, 0.2) is 48.5 Å². The van der Waals surface area contributed by atoms with Crippen molar-refractivity contribution in [1.82, 2.24) is 30.1 Å². The minimum Gasteiger partial charge on any atom is -0.345 e. The summed E-state index contributed by atoms with van der Waals surface area (Å²) >= 11 is 1.72. The first-order valence-electron chi connectivity index (χ1n) is 10.8. The van der Waals surface area contributed by atoms with E-state index in [-0.39, 0.29) is 17.4 Å². The average molecular weight is 452 g/mol. The smallest absolute Gasteiger partial charge is 0.186 e. The van der Waals surface area contributed by atoms with Crippen LogP contribution in [0.25, 0.3) is 10.2 Å². The van der Waals surface area contributed by atoms with Gasteiger partial charge in [-0.15, -0.1) is 5.10 Å². The van der Waals surface area contributed by atoms with Crippen molar-refractivity contribution >= 4 is 26.7 Å². The van der Waals surface area contributed by atoms with Crippen molar-refractivity contribution in [1.29, 1.82) is 0 Å². The first-order chi connectivity index (χ1) is 15.4. The molecule has 9 heteroatoms. The highest BCUT2D eigenvalue weighted by atomic mass is 32.1. The maximum Gasteiger partial charge on any atom is 0.186 e. The van der Waals surface area contributed by atoms with Crippen LogP contribution in [-0.2, 0) is 5.54 Å². The number of aromatic nitrogens is 5. The van der Waals surface area contributed by atoms with Crippen molar-refractivity contribution in [3.05, 3.63) is 65.7 Å². The van der Waals surface area contributed by atoms with Gasteiger partial charge in [-0.05, 0) is 49.4 Å². The summed E-state index contributed by atoms with van der Waals surface area (Å²) in [7, 11) is 0. The molecule has 0 bridgehead atoms. The first kappa shape index (κ1) is 21.0. The highest BCUT2D eigenvalue weighted by Crippen LogP contribution is 2.34. The van der Waals surface area contributed by atoms with E-state index in [1.807, 2.05) is 35.0 Å². The monoisotopic (exact) mass is 451 g/mol. The molecule has 7 nitrogen and oxygen atoms in total. The molecular weight excluding hydrogens is 425 g/mol. The van der Waals surface area contributed by atoms with Gasteiger partial charge in [-0.1, -0.05) is 41.7 Å². The van der Waals surface area contributed by atoms with Crippen molar-refractivity contribution in [2.24, 2.45) is 0 Å². The maximum absolute atomic E-state index is 15.0. The number of halogens is 1. The van der Waals surface area contributed by atoms with Gasteiger partial charge in [0.25, 0.3) is 0 Å². The summed E-state index contributed by atoms with van der Waals surface area (Å²) in [5, 5.41) is 13.6. The molecule has 1 saturated heterocycles. The standard InChI is InChI=1S/C23H26FN7S/c1-23(2,3)31-21(26-27-28-31)20(16-8-4-5-9-17(16)24)29-12-14-30(15-13-29)22-25-18-10-6-7-11-19(18)32-22/h4-11,20H,12-15H2,1-3H3. The molecule has 0 radical (unpaired) electrons. The molecule has 1 fully saturated rings. The lowest BCUT2D eigenvalue weighted by Crippen LogP contribution is -2.49. The summed E-state index contributed by atoms with van der Waals surface area (Å²) in [5.41, 5.74) is 1.32. The quantitative estimate of drug-likeness (QED) is 0.466. The Morgan fingerprint density at radius 1 is 0.969 bits per heavy atom. The van der Waals surface area contributed by atoms with Crippen LogP contribution in [0, 0.1) is 5.82 Å². The Bertz CT molecular complexity index is 1190. The molecule has 1 aliphatic heterocycles. The van der Waals surface area contributed by atoms with Crippen LogP contribution in [0.1, 0.15) is 38.2 Å². The fourth-order valence-corrected chi connectivity index (χ4v) is 5.22. The van der Waals surface area contributed by atoms with Gasteiger partial charge < -0.3 is 4.90 Å². The maximum atomic E-state index is 15.0. The number of fused-ring (bicyclic) bond motifs is 1. The molecule has 0 saturated carbocycles. The van der Waals surface area contributed by atoms with Crippen molar-refractivity contribution in [3.63, 3.8) is 0 Å². The van der Waals surface area contributed by atoms with Crippen molar-refractivity contribution in [2.75, 3.05) is 31.1 Å². The van der Waals surface area contributed by atoms with Crippen LogP contribution in [-0.4, -0.2) is 56.3 Å². The number of thiazole rings is 1. The Labute approximate surface area is 190 Å². The van der Waals surface area contributed by atoms with E-state index in [4.69, 9.17) is 4.98 Å². The van der Waals surface area contributed by atoms with Crippen LogP contribution in [0.2, 0.25) is 0 Å². The molecule has 0 amide bonds. The lowest BCUT2D eigenvalue weighted by Gasteiger charge is -2.39. The van der Waals surface area contributed by atoms with Gasteiger partial charge in [-0.2, -0.15) is 0 Å². The van der Waals surface area contributed by atoms with Crippen molar-refractivity contribution < 1.29 is 4.39 Å². The number of rotatable bonds is 4. The third-order valence-corrected chi connectivity index (χ3v) is 6.90. The summed E-state index contributed by atoms with van der Waals surface area (Å²) in [5.74, 6) is 0.422. The first-order valence-corrected chi connectivity index (χ1v) is 11.6. The lowest BCUT2D eigenvalue weighted by atomic mass is 10.0. The predicted octanol–water partition coefficient (Wildman–Crippen LogP) is 4.09. The van der Waals surface area contributed by atoms with Gasteiger partial charge in [-0.25, -0.2) is 14.1 Å². The number of para-hydroxylation sites is 1. The molecule has 0 aliphatic carbocycles. The second-order valence-electron chi connectivity index (χ2n) is 9.03. The Hall–Kier alpha value is -2.91. The number of hydrogen-bond donors (Lipinski definition) is 0. The zero-order chi connectivity index (χ0) is 22.3. The third kappa shape index (κ3) is 3.86. The predicted molar refractivity (Wildman–Crippen MR) is 124 cm³/mol. The molecule has 0 spiro atoms. The molecule has 1 unspecified atom stereocenters. The fraction of sp³-hybridized carbons (Fsp3) is 0.391. The van der Waals surface area contributed by atoms with Crippen LogP contribution in [0.3, 0.4) is 0 Å². The highest BCUT2D eigenvalue weighted by molar-refractivity contribution is 7.22. The van der Waals surface area contributed by atoms with E-state index < -0.39 is 0 Å². The van der Waals surface area contributed by atoms with E-state index in [0.717, 1.165) is 36.8 Å². The van der Waals surface area contributed by atoms with E-state index in [2.05, 4.69) is 52.2 Å². The number of piperazine rings is 1. The molecule has 4 aromatic rings. The summed E-state index contributed by atoms with van der Waals surface area (Å²) in [6.45, 7) is 9.28. The van der Waals surface area contributed by atoms with E-state index in [1.165, 1.54) is 10.8 Å². The molecule has 166 valence electrons. The van der Waals surface area contributed by atoms with E-state index in [9.17, 15) is 4.39 Å². The van der Waals surface area contributed by atoms with Gasteiger partial charge in [0.1, 0.15) is 11.9 Å². The third-order valence-electron chi connectivity index (χ3n) is 5.81. The van der Waals surface area contributed by atoms with Crippen LogP contribution in [0.4, 0.5) is 9.52 Å². The van der Waals surface area contributed by atoms with Crippen molar-refractivity contribution in [2.45, 2.75) is 32.4 Å². The van der Waals surface area contributed by atoms with Gasteiger partial charge in [-0.3, -0.25) is 4.90 Å². The Morgan fingerprint density at radius 2 is 1.69 bits per heavy atom. The molecule has 2 aromatic heterocycles. The molecule has 1 aliphatic rings. The Balaban J connectivity index is 1.45. The summed E-state index contributed by atoms with van der Waals surface area (Å²) in [6.07, 6.45) is 0. The van der Waals surface area contributed by atoms with Crippen molar-refractivity contribution in [3.8, 4) is 0 Å². The summed E-state index contributed by atoms with van der Waals surface area (Å²) < 4.78 is 18.0. The second kappa shape index (κ2) is 8.22. The molecule has 1 atom stereocenters. The zero-order valence-electron chi connectivity index (χ0n) is 18.4. The largest absolute Gasteiger partial charge is 0.345 e. The average Bonchev–Trinajstić information content (AvgIpc) is 3.43. The summed E-state index contributed by atoms with van der Waals surface area (Å²) in [6, 6.07) is 14.8. The van der Waals surface area contributed by atoms with Crippen LogP contribution in [0.5, 0.6) is 0 Å². The minimum absolute atomic E-state index is 0.241. The van der Waals surface area contributed by atoms with Gasteiger partial charge >= 0.3 is 0 Å².